The molecule has 0 aromatic heterocycles. The van der Waals surface area contributed by atoms with Crippen LogP contribution in [0, 0.1) is 0 Å². The third-order valence-corrected chi connectivity index (χ3v) is 4.65. The molecule has 14 heavy (non-hydrogen) atoms. The second-order valence-corrected chi connectivity index (χ2v) is 6.00. The second-order valence-electron chi connectivity index (χ2n) is 4.30. The summed E-state index contributed by atoms with van der Waals surface area (Å²) in [6.45, 7) is 1.82. The van der Waals surface area contributed by atoms with Crippen LogP contribution in [-0.2, 0) is 10.8 Å². The highest BCUT2D eigenvalue weighted by Gasteiger charge is 2.30. The fourth-order valence-electron chi connectivity index (χ4n) is 2.50. The van der Waals surface area contributed by atoms with Crippen molar-refractivity contribution in [2.45, 2.75) is 37.8 Å². The van der Waals surface area contributed by atoms with Gasteiger partial charge in [-0.15, -0.1) is 0 Å². The fraction of sp³-hybridized carbons (Fsp3) is 1.00. The van der Waals surface area contributed by atoms with Gasteiger partial charge < -0.3 is 5.11 Å². The van der Waals surface area contributed by atoms with Crippen LogP contribution in [0.4, 0.5) is 0 Å². The fourth-order valence-corrected chi connectivity index (χ4v) is 3.58. The molecule has 0 aromatic rings. The maximum absolute atomic E-state index is 11.2. The Bertz CT molecular complexity index is 212. The normalized spacial score (nSPS) is 37.2. The first kappa shape index (κ1) is 10.6. The van der Waals surface area contributed by atoms with Gasteiger partial charge in [0.05, 0.1) is 6.10 Å². The first-order chi connectivity index (χ1) is 6.77. The van der Waals surface area contributed by atoms with Gasteiger partial charge in [-0.1, -0.05) is 12.8 Å². The van der Waals surface area contributed by atoms with Gasteiger partial charge in [0.15, 0.2) is 0 Å². The number of rotatable bonds is 1. The number of hydrogen-bond donors (Lipinski definition) is 1. The average molecular weight is 217 g/mol. The lowest BCUT2D eigenvalue weighted by molar-refractivity contribution is 0.0242. The maximum atomic E-state index is 11.2. The summed E-state index contributed by atoms with van der Waals surface area (Å²) in [6, 6.07) is 0.348. The van der Waals surface area contributed by atoms with Gasteiger partial charge in [0.2, 0.25) is 0 Å². The summed E-state index contributed by atoms with van der Waals surface area (Å²) in [5, 5.41) is 9.87. The first-order valence-corrected chi connectivity index (χ1v) is 7.03. The highest BCUT2D eigenvalue weighted by molar-refractivity contribution is 7.85. The van der Waals surface area contributed by atoms with Crippen molar-refractivity contribution in [1.82, 2.24) is 4.90 Å². The molecule has 3 nitrogen and oxygen atoms in total. The molecule has 1 heterocycles. The summed E-state index contributed by atoms with van der Waals surface area (Å²) in [6.07, 6.45) is 4.33. The van der Waals surface area contributed by atoms with Gasteiger partial charge in [-0.25, -0.2) is 0 Å². The molecule has 2 rings (SSSR count). The second kappa shape index (κ2) is 4.73. The molecule has 1 aliphatic carbocycles. The van der Waals surface area contributed by atoms with Crippen LogP contribution in [0.1, 0.15) is 25.7 Å². The van der Waals surface area contributed by atoms with E-state index in [4.69, 9.17) is 0 Å². The largest absolute Gasteiger partial charge is 0.391 e. The van der Waals surface area contributed by atoms with Crippen LogP contribution in [0.25, 0.3) is 0 Å². The molecule has 0 radical (unpaired) electrons. The van der Waals surface area contributed by atoms with E-state index >= 15 is 0 Å². The summed E-state index contributed by atoms with van der Waals surface area (Å²) in [4.78, 5) is 2.34. The van der Waals surface area contributed by atoms with E-state index < -0.39 is 10.8 Å². The van der Waals surface area contributed by atoms with E-state index in [9.17, 15) is 9.32 Å². The minimum Gasteiger partial charge on any atom is -0.391 e. The van der Waals surface area contributed by atoms with Crippen LogP contribution in [-0.4, -0.2) is 51.0 Å². The van der Waals surface area contributed by atoms with E-state index in [2.05, 4.69) is 4.90 Å². The van der Waals surface area contributed by atoms with Crippen LogP contribution >= 0.6 is 0 Å². The molecular weight excluding hydrogens is 198 g/mol. The molecule has 1 saturated heterocycles. The Labute approximate surface area is 87.9 Å². The summed E-state index contributed by atoms with van der Waals surface area (Å²) in [5.74, 6) is 1.59. The molecule has 0 bridgehead atoms. The Morgan fingerprint density at radius 3 is 2.43 bits per heavy atom. The molecule has 0 aromatic carbocycles. The average Bonchev–Trinajstić information content (AvgIpc) is 2.20. The van der Waals surface area contributed by atoms with E-state index in [0.717, 1.165) is 43.9 Å². The van der Waals surface area contributed by atoms with Crippen LogP contribution < -0.4 is 0 Å². The minimum atomic E-state index is -0.600. The van der Waals surface area contributed by atoms with Crippen molar-refractivity contribution in [3.05, 3.63) is 0 Å². The monoisotopic (exact) mass is 217 g/mol. The van der Waals surface area contributed by atoms with Gasteiger partial charge in [0, 0.05) is 41.4 Å². The van der Waals surface area contributed by atoms with Gasteiger partial charge in [-0.3, -0.25) is 9.11 Å². The molecule has 0 unspecified atom stereocenters. The van der Waals surface area contributed by atoms with Crippen LogP contribution in [0.2, 0.25) is 0 Å². The zero-order valence-electron chi connectivity index (χ0n) is 8.52. The third-order valence-electron chi connectivity index (χ3n) is 3.38. The first-order valence-electron chi connectivity index (χ1n) is 5.54. The van der Waals surface area contributed by atoms with Crippen LogP contribution in [0.3, 0.4) is 0 Å². The lowest BCUT2D eigenvalue weighted by Crippen LogP contribution is -2.50. The molecule has 1 aliphatic heterocycles. The lowest BCUT2D eigenvalue weighted by atomic mass is 9.91. The predicted molar refractivity (Wildman–Crippen MR) is 57.7 cm³/mol. The number of nitrogens with zero attached hydrogens (tertiary/aromatic N) is 1. The third kappa shape index (κ3) is 2.35. The number of aliphatic hydroxyl groups is 1. The highest BCUT2D eigenvalue weighted by Crippen LogP contribution is 2.23. The molecule has 0 spiro atoms. The van der Waals surface area contributed by atoms with Crippen molar-refractivity contribution in [2.24, 2.45) is 0 Å². The summed E-state index contributed by atoms with van der Waals surface area (Å²) >= 11 is 0. The molecule has 0 amide bonds. The molecule has 2 fully saturated rings. The minimum absolute atomic E-state index is 0.143. The lowest BCUT2D eigenvalue weighted by Gasteiger charge is -2.39. The van der Waals surface area contributed by atoms with E-state index in [1.807, 2.05) is 0 Å². The standard InChI is InChI=1S/C10H19NO2S/c12-10-4-2-1-3-9(10)11-5-7-14(13)8-6-11/h9-10,12H,1-8H2/t9-,10-/m1/s1. The van der Waals surface area contributed by atoms with Crippen molar-refractivity contribution in [3.8, 4) is 0 Å². The topological polar surface area (TPSA) is 40.5 Å². The Morgan fingerprint density at radius 2 is 1.79 bits per heavy atom. The van der Waals surface area contributed by atoms with Crippen molar-refractivity contribution < 1.29 is 9.32 Å². The predicted octanol–water partition coefficient (Wildman–Crippen LogP) is 0.354. The maximum Gasteiger partial charge on any atom is 0.0695 e. The van der Waals surface area contributed by atoms with Gasteiger partial charge >= 0.3 is 0 Å². The van der Waals surface area contributed by atoms with Crippen LogP contribution in [0.15, 0.2) is 0 Å². The Kier molecular flexibility index (Phi) is 3.57. The molecular formula is C10H19NO2S. The molecule has 82 valence electrons. The Hall–Kier alpha value is 0.0700. The van der Waals surface area contributed by atoms with E-state index in [1.165, 1.54) is 6.42 Å². The summed E-state index contributed by atoms with van der Waals surface area (Å²) in [5.41, 5.74) is 0. The number of aliphatic hydroxyl groups excluding tert-OH is 1. The number of hydrogen-bond acceptors (Lipinski definition) is 3. The quantitative estimate of drug-likeness (QED) is 0.689. The van der Waals surface area contributed by atoms with E-state index in [-0.39, 0.29) is 6.10 Å². The van der Waals surface area contributed by atoms with Gasteiger partial charge in [0.1, 0.15) is 0 Å². The van der Waals surface area contributed by atoms with Gasteiger partial charge in [-0.2, -0.15) is 0 Å². The van der Waals surface area contributed by atoms with Crippen molar-refractivity contribution >= 4 is 10.8 Å². The van der Waals surface area contributed by atoms with E-state index in [0.29, 0.717) is 6.04 Å². The highest BCUT2D eigenvalue weighted by atomic mass is 32.2. The summed E-state index contributed by atoms with van der Waals surface area (Å²) in [7, 11) is -0.600. The van der Waals surface area contributed by atoms with Crippen molar-refractivity contribution in [3.63, 3.8) is 0 Å². The van der Waals surface area contributed by atoms with Gasteiger partial charge in [-0.05, 0) is 12.8 Å². The zero-order chi connectivity index (χ0) is 9.97. The Morgan fingerprint density at radius 1 is 1.14 bits per heavy atom. The van der Waals surface area contributed by atoms with Gasteiger partial charge in [0.25, 0.3) is 0 Å². The zero-order valence-corrected chi connectivity index (χ0v) is 9.34. The summed E-state index contributed by atoms with van der Waals surface area (Å²) < 4.78 is 11.2. The molecule has 4 heteroatoms. The van der Waals surface area contributed by atoms with Crippen LogP contribution in [0.5, 0.6) is 0 Å². The molecule has 2 atom stereocenters. The molecule has 1 saturated carbocycles. The molecule has 1 N–H and O–H groups in total. The smallest absolute Gasteiger partial charge is 0.0695 e. The van der Waals surface area contributed by atoms with E-state index in [1.54, 1.807) is 0 Å². The van der Waals surface area contributed by atoms with Crippen molar-refractivity contribution in [1.29, 1.82) is 0 Å². The van der Waals surface area contributed by atoms with Crippen molar-refractivity contribution in [2.75, 3.05) is 24.6 Å². The SMILES string of the molecule is O=S1CCN([C@@H]2CCCC[C@H]2O)CC1. The molecule has 2 aliphatic rings. The Balaban J connectivity index is 1.90.